The second-order valence-electron chi connectivity index (χ2n) is 10.8. The van der Waals surface area contributed by atoms with Crippen molar-refractivity contribution in [2.75, 3.05) is 30.3 Å². The van der Waals surface area contributed by atoms with Crippen molar-refractivity contribution in [3.63, 3.8) is 0 Å². The number of aromatic nitrogens is 4. The maximum atomic E-state index is 14.1. The number of benzene rings is 2. The van der Waals surface area contributed by atoms with Gasteiger partial charge in [-0.15, -0.1) is 0 Å². The number of phenolic OH excluding ortho intramolecular Hbond substituents is 1. The smallest absolute Gasteiger partial charge is 0.274 e. The first-order valence-corrected chi connectivity index (χ1v) is 14.3. The first kappa shape index (κ1) is 27.4. The number of fused-ring (bicyclic) bond motifs is 1. The molecular weight excluding hydrogens is 535 g/mol. The number of hydrogen-bond donors (Lipinski definition) is 4. The molecule has 0 unspecified atom stereocenters. The van der Waals surface area contributed by atoms with Crippen LogP contribution in [-0.2, 0) is 19.4 Å². The molecular formula is C31H33FN8O2. The van der Waals surface area contributed by atoms with Crippen LogP contribution in [0.15, 0.2) is 42.7 Å². The monoisotopic (exact) mass is 568 g/mol. The van der Waals surface area contributed by atoms with Crippen LogP contribution in [0.3, 0.4) is 0 Å². The number of aryl methyl sites for hydroxylation is 1. The van der Waals surface area contributed by atoms with Crippen molar-refractivity contribution < 1.29 is 14.3 Å². The van der Waals surface area contributed by atoms with Gasteiger partial charge < -0.3 is 25.6 Å². The predicted octanol–water partition coefficient (Wildman–Crippen LogP) is 4.46. The van der Waals surface area contributed by atoms with E-state index in [9.17, 15) is 14.3 Å². The third-order valence-electron chi connectivity index (χ3n) is 8.08. The fraction of sp³-hybridized carbons (Fsp3) is 0.323. The number of aromatic amines is 1. The van der Waals surface area contributed by atoms with Gasteiger partial charge in [0.1, 0.15) is 17.2 Å². The summed E-state index contributed by atoms with van der Waals surface area (Å²) in [6, 6.07) is 7.94. The SMILES string of the molecule is CCc1cc(O)c(F)cc1-c1ccc(C(=N)c2nc3c([nH]2)CCN(C(=O)c2cnc(N4CCCCC4)cn2)C3)c(N)c1. The Hall–Kier alpha value is -4.80. The molecule has 4 heterocycles. The van der Waals surface area contributed by atoms with Gasteiger partial charge in [0.2, 0.25) is 0 Å². The van der Waals surface area contributed by atoms with Gasteiger partial charge in [0.05, 0.1) is 24.6 Å². The number of piperidine rings is 1. The van der Waals surface area contributed by atoms with Crippen LogP contribution in [-0.4, -0.2) is 61.2 Å². The van der Waals surface area contributed by atoms with Crippen molar-refractivity contribution in [2.24, 2.45) is 0 Å². The summed E-state index contributed by atoms with van der Waals surface area (Å²) in [6.45, 7) is 4.64. The normalized spacial score (nSPS) is 15.0. The standard InChI is InChI=1S/C31H33FN8O2/c1-2-18-13-27(41)22(32)14-21(18)19-6-7-20(23(33)12-19)29(34)30-37-24-8-11-40(17-26(24)38-30)31(42)25-15-36-28(16-35-25)39-9-4-3-5-10-39/h6-7,12-16,34,41H,2-5,8-11,17,33H2,1H3,(H,37,38). The average Bonchev–Trinajstić information content (AvgIpc) is 3.45. The minimum atomic E-state index is -0.701. The van der Waals surface area contributed by atoms with E-state index < -0.39 is 5.82 Å². The van der Waals surface area contributed by atoms with Gasteiger partial charge in [-0.3, -0.25) is 10.2 Å². The molecule has 4 aromatic rings. The number of nitrogens with two attached hydrogens (primary N) is 1. The number of carbonyl (C=O) groups is 1. The molecule has 216 valence electrons. The van der Waals surface area contributed by atoms with Gasteiger partial charge in [0, 0.05) is 43.0 Å². The van der Waals surface area contributed by atoms with Gasteiger partial charge in [-0.05, 0) is 60.6 Å². The zero-order valence-electron chi connectivity index (χ0n) is 23.5. The molecule has 2 aliphatic rings. The molecule has 0 bridgehead atoms. The minimum absolute atomic E-state index is 0.123. The van der Waals surface area contributed by atoms with Crippen molar-refractivity contribution in [1.29, 1.82) is 5.41 Å². The number of rotatable bonds is 6. The second-order valence-corrected chi connectivity index (χ2v) is 10.8. The van der Waals surface area contributed by atoms with Gasteiger partial charge in [-0.1, -0.05) is 19.1 Å². The van der Waals surface area contributed by atoms with Gasteiger partial charge >= 0.3 is 0 Å². The van der Waals surface area contributed by atoms with Crippen molar-refractivity contribution >= 4 is 23.1 Å². The Morgan fingerprint density at radius 2 is 1.93 bits per heavy atom. The largest absolute Gasteiger partial charge is 0.505 e. The number of hydrogen-bond acceptors (Lipinski definition) is 8. The summed E-state index contributed by atoms with van der Waals surface area (Å²) in [5.74, 6) is -0.120. The van der Waals surface area contributed by atoms with Crippen LogP contribution in [0.1, 0.15) is 65.0 Å². The van der Waals surface area contributed by atoms with Crippen molar-refractivity contribution in [1.82, 2.24) is 24.8 Å². The Morgan fingerprint density at radius 1 is 1.12 bits per heavy atom. The van der Waals surface area contributed by atoms with E-state index in [2.05, 4.69) is 24.8 Å². The number of nitrogen functional groups attached to an aromatic ring is 1. The molecule has 0 atom stereocenters. The summed E-state index contributed by atoms with van der Waals surface area (Å²) in [6.07, 6.45) is 7.92. The highest BCUT2D eigenvalue weighted by molar-refractivity contribution is 6.12. The fourth-order valence-corrected chi connectivity index (χ4v) is 5.71. The highest BCUT2D eigenvalue weighted by atomic mass is 19.1. The van der Waals surface area contributed by atoms with Gasteiger partial charge in [0.25, 0.3) is 5.91 Å². The zero-order valence-corrected chi connectivity index (χ0v) is 23.5. The number of nitrogens with one attached hydrogen (secondary N) is 2. The molecule has 1 fully saturated rings. The van der Waals surface area contributed by atoms with Crippen LogP contribution < -0.4 is 10.6 Å². The Bertz CT molecular complexity index is 1660. The van der Waals surface area contributed by atoms with Crippen LogP contribution in [0.5, 0.6) is 5.75 Å². The molecule has 2 aliphatic heterocycles. The highest BCUT2D eigenvalue weighted by Gasteiger charge is 2.27. The lowest BCUT2D eigenvalue weighted by molar-refractivity contribution is 0.0725. The number of halogens is 1. The number of aromatic hydroxyl groups is 1. The first-order valence-electron chi connectivity index (χ1n) is 14.3. The maximum Gasteiger partial charge on any atom is 0.274 e. The Morgan fingerprint density at radius 3 is 2.64 bits per heavy atom. The summed E-state index contributed by atoms with van der Waals surface area (Å²) < 4.78 is 14.1. The second kappa shape index (κ2) is 11.2. The van der Waals surface area contributed by atoms with Crippen LogP contribution in [0.2, 0.25) is 0 Å². The lowest BCUT2D eigenvalue weighted by Gasteiger charge is -2.28. The Kier molecular flexibility index (Phi) is 7.32. The summed E-state index contributed by atoms with van der Waals surface area (Å²) in [5.41, 5.74) is 11.3. The summed E-state index contributed by atoms with van der Waals surface area (Å²) >= 11 is 0. The number of H-pyrrole nitrogens is 1. The predicted molar refractivity (Wildman–Crippen MR) is 158 cm³/mol. The lowest BCUT2D eigenvalue weighted by atomic mass is 9.95. The molecule has 0 saturated carbocycles. The molecule has 10 nitrogen and oxygen atoms in total. The summed E-state index contributed by atoms with van der Waals surface area (Å²) in [5, 5.41) is 18.6. The average molecular weight is 569 g/mol. The van der Waals surface area contributed by atoms with E-state index in [1.54, 1.807) is 35.5 Å². The quantitative estimate of drug-likeness (QED) is 0.198. The number of carbonyl (C=O) groups excluding carboxylic acids is 1. The molecule has 42 heavy (non-hydrogen) atoms. The van der Waals surface area contributed by atoms with Crippen LogP contribution >= 0.6 is 0 Å². The van der Waals surface area contributed by atoms with E-state index in [1.165, 1.54) is 18.6 Å². The van der Waals surface area contributed by atoms with Crippen molar-refractivity contribution in [3.05, 3.63) is 82.6 Å². The Balaban J connectivity index is 1.17. The van der Waals surface area contributed by atoms with E-state index in [1.807, 2.05) is 6.92 Å². The molecule has 1 saturated heterocycles. The number of imidazole rings is 1. The number of nitrogens with zero attached hydrogens (tertiary/aromatic N) is 5. The van der Waals surface area contributed by atoms with E-state index in [0.717, 1.165) is 43.0 Å². The minimum Gasteiger partial charge on any atom is -0.505 e. The van der Waals surface area contributed by atoms with Gasteiger partial charge in [-0.25, -0.2) is 19.3 Å². The van der Waals surface area contributed by atoms with E-state index in [4.69, 9.17) is 11.1 Å². The number of phenols is 1. The van der Waals surface area contributed by atoms with Crippen molar-refractivity contribution in [2.45, 2.75) is 45.6 Å². The highest BCUT2D eigenvalue weighted by Crippen LogP contribution is 2.32. The lowest BCUT2D eigenvalue weighted by Crippen LogP contribution is -2.36. The molecule has 2 aromatic heterocycles. The molecule has 2 aromatic carbocycles. The molecule has 0 aliphatic carbocycles. The molecule has 1 amide bonds. The van der Waals surface area contributed by atoms with E-state index >= 15 is 0 Å². The first-order chi connectivity index (χ1) is 20.3. The van der Waals surface area contributed by atoms with Crippen LogP contribution in [0, 0.1) is 11.2 Å². The Labute approximate surface area is 243 Å². The summed E-state index contributed by atoms with van der Waals surface area (Å²) in [7, 11) is 0. The van der Waals surface area contributed by atoms with Crippen LogP contribution in [0.25, 0.3) is 11.1 Å². The topological polar surface area (TPSA) is 148 Å². The van der Waals surface area contributed by atoms with E-state index in [-0.39, 0.29) is 17.4 Å². The molecule has 11 heteroatoms. The molecule has 0 spiro atoms. The third kappa shape index (κ3) is 5.17. The number of anilines is 2. The third-order valence-corrected chi connectivity index (χ3v) is 8.08. The zero-order chi connectivity index (χ0) is 29.4. The summed E-state index contributed by atoms with van der Waals surface area (Å²) in [4.78, 5) is 33.9. The van der Waals surface area contributed by atoms with E-state index in [0.29, 0.717) is 65.5 Å². The van der Waals surface area contributed by atoms with Crippen LogP contribution in [0.4, 0.5) is 15.9 Å². The van der Waals surface area contributed by atoms with Crippen molar-refractivity contribution in [3.8, 4) is 16.9 Å². The molecule has 6 rings (SSSR count). The van der Waals surface area contributed by atoms with Gasteiger partial charge in [0.15, 0.2) is 17.4 Å². The molecule has 5 N–H and O–H groups in total. The molecule has 0 radical (unpaired) electrons. The number of amides is 1. The fourth-order valence-electron chi connectivity index (χ4n) is 5.71. The maximum absolute atomic E-state index is 14.1. The van der Waals surface area contributed by atoms with Gasteiger partial charge in [-0.2, -0.15) is 0 Å².